The zero-order valence-electron chi connectivity index (χ0n) is 20.0. The Bertz CT molecular complexity index is 1120. The fraction of sp³-hybridized carbons (Fsp3) is 0.417. The fourth-order valence-corrected chi connectivity index (χ4v) is 4.62. The van der Waals surface area contributed by atoms with Crippen molar-refractivity contribution < 1.29 is 18.0 Å². The molecule has 0 aliphatic carbocycles. The number of nitrogens with zero attached hydrogens (tertiary/aromatic N) is 2. The van der Waals surface area contributed by atoms with E-state index in [0.29, 0.717) is 22.8 Å². The Balaban J connectivity index is 2.40. The Morgan fingerprint density at radius 1 is 1.09 bits per heavy atom. The summed E-state index contributed by atoms with van der Waals surface area (Å²) in [4.78, 5) is 27.7. The summed E-state index contributed by atoms with van der Waals surface area (Å²) in [6.07, 6.45) is 1.04. The van der Waals surface area contributed by atoms with Crippen molar-refractivity contribution in [3.63, 3.8) is 0 Å². The third-order valence-electron chi connectivity index (χ3n) is 5.31. The van der Waals surface area contributed by atoms with Crippen molar-refractivity contribution in [2.24, 2.45) is 5.92 Å². The van der Waals surface area contributed by atoms with Crippen LogP contribution in [0.1, 0.15) is 31.9 Å². The van der Waals surface area contributed by atoms with E-state index < -0.39 is 28.5 Å². The van der Waals surface area contributed by atoms with Crippen LogP contribution in [0.15, 0.2) is 46.9 Å². The van der Waals surface area contributed by atoms with Gasteiger partial charge in [-0.2, -0.15) is 0 Å². The molecule has 0 saturated carbocycles. The van der Waals surface area contributed by atoms with Gasteiger partial charge in [0.2, 0.25) is 21.8 Å². The van der Waals surface area contributed by atoms with Gasteiger partial charge in [0.05, 0.1) is 11.9 Å². The lowest BCUT2D eigenvalue weighted by Crippen LogP contribution is -2.51. The molecule has 34 heavy (non-hydrogen) atoms. The number of benzene rings is 2. The van der Waals surface area contributed by atoms with Crippen LogP contribution in [0.25, 0.3) is 0 Å². The highest BCUT2D eigenvalue weighted by molar-refractivity contribution is 9.10. The molecule has 2 aromatic rings. The monoisotopic (exact) mass is 571 g/mol. The van der Waals surface area contributed by atoms with Gasteiger partial charge in [0.15, 0.2) is 0 Å². The molecule has 1 atom stereocenters. The Morgan fingerprint density at radius 3 is 2.26 bits per heavy atom. The number of amides is 2. The third-order valence-corrected chi connectivity index (χ3v) is 7.37. The van der Waals surface area contributed by atoms with E-state index in [9.17, 15) is 18.0 Å². The van der Waals surface area contributed by atoms with Gasteiger partial charge in [-0.05, 0) is 55.2 Å². The number of carbonyl (C=O) groups is 2. The number of sulfonamides is 1. The number of hydrogen-bond acceptors (Lipinski definition) is 4. The van der Waals surface area contributed by atoms with Crippen molar-refractivity contribution in [3.8, 4) is 0 Å². The van der Waals surface area contributed by atoms with Crippen LogP contribution in [0.4, 0.5) is 5.69 Å². The van der Waals surface area contributed by atoms with Gasteiger partial charge in [-0.15, -0.1) is 0 Å². The van der Waals surface area contributed by atoms with Crippen LogP contribution >= 0.6 is 27.5 Å². The van der Waals surface area contributed by atoms with Crippen molar-refractivity contribution in [1.29, 1.82) is 0 Å². The average Bonchev–Trinajstić information content (AvgIpc) is 2.76. The molecule has 0 saturated heterocycles. The van der Waals surface area contributed by atoms with E-state index >= 15 is 0 Å². The van der Waals surface area contributed by atoms with Gasteiger partial charge in [-0.3, -0.25) is 13.9 Å². The minimum atomic E-state index is -3.81. The molecule has 1 N–H and O–H groups in total. The largest absolute Gasteiger partial charge is 0.354 e. The lowest BCUT2D eigenvalue weighted by Gasteiger charge is -2.32. The Labute approximate surface area is 215 Å². The summed E-state index contributed by atoms with van der Waals surface area (Å²) in [6, 6.07) is 11.5. The van der Waals surface area contributed by atoms with E-state index in [2.05, 4.69) is 21.2 Å². The van der Waals surface area contributed by atoms with Crippen molar-refractivity contribution >= 4 is 55.1 Å². The molecule has 0 aliphatic rings. The number of carbonyl (C=O) groups excluding carboxylic acids is 2. The zero-order valence-corrected chi connectivity index (χ0v) is 23.2. The molecule has 0 bridgehead atoms. The maximum Gasteiger partial charge on any atom is 0.244 e. The molecule has 0 aliphatic heterocycles. The molecule has 186 valence electrons. The lowest BCUT2D eigenvalue weighted by atomic mass is 10.1. The summed E-state index contributed by atoms with van der Waals surface area (Å²) < 4.78 is 27.2. The van der Waals surface area contributed by atoms with Crippen LogP contribution in [0.3, 0.4) is 0 Å². The summed E-state index contributed by atoms with van der Waals surface area (Å²) in [5.41, 5.74) is 1.68. The van der Waals surface area contributed by atoms with Gasteiger partial charge in [-0.1, -0.05) is 59.6 Å². The first-order chi connectivity index (χ1) is 15.8. The van der Waals surface area contributed by atoms with Crippen LogP contribution < -0.4 is 9.62 Å². The molecule has 0 aromatic heterocycles. The second kappa shape index (κ2) is 12.0. The highest BCUT2D eigenvalue weighted by Crippen LogP contribution is 2.28. The summed E-state index contributed by atoms with van der Waals surface area (Å²) in [7, 11) is -3.81. The first-order valence-electron chi connectivity index (χ1n) is 10.9. The van der Waals surface area contributed by atoms with E-state index in [-0.39, 0.29) is 18.4 Å². The normalized spacial score (nSPS) is 12.4. The lowest BCUT2D eigenvalue weighted by molar-refractivity contribution is -0.139. The van der Waals surface area contributed by atoms with Gasteiger partial charge >= 0.3 is 0 Å². The maximum absolute atomic E-state index is 13.5. The SMILES string of the molecule is Cc1c(Cl)cccc1N(CC(=O)N(Cc1ccc(Br)cc1)[C@@H](C)C(=O)NCC(C)C)S(C)(=O)=O. The topological polar surface area (TPSA) is 86.8 Å². The molecular weight excluding hydrogens is 542 g/mol. The van der Waals surface area contributed by atoms with Gasteiger partial charge in [0.1, 0.15) is 12.6 Å². The van der Waals surface area contributed by atoms with E-state index in [1.54, 1.807) is 32.0 Å². The average molecular weight is 573 g/mol. The quantitative estimate of drug-likeness (QED) is 0.458. The predicted molar refractivity (Wildman–Crippen MR) is 140 cm³/mol. The van der Waals surface area contributed by atoms with Crippen molar-refractivity contribution in [2.75, 3.05) is 23.7 Å². The molecule has 0 radical (unpaired) electrons. The summed E-state index contributed by atoms with van der Waals surface area (Å²) in [6.45, 7) is 7.46. The van der Waals surface area contributed by atoms with E-state index in [1.807, 2.05) is 38.1 Å². The third kappa shape index (κ3) is 7.71. The molecule has 0 unspecified atom stereocenters. The van der Waals surface area contributed by atoms with Crippen LogP contribution in [-0.2, 0) is 26.2 Å². The highest BCUT2D eigenvalue weighted by atomic mass is 79.9. The molecule has 0 heterocycles. The van der Waals surface area contributed by atoms with Crippen molar-refractivity contribution in [3.05, 3.63) is 63.1 Å². The highest BCUT2D eigenvalue weighted by Gasteiger charge is 2.30. The van der Waals surface area contributed by atoms with E-state index in [0.717, 1.165) is 20.6 Å². The van der Waals surface area contributed by atoms with Gasteiger partial charge in [0, 0.05) is 22.6 Å². The molecule has 2 amide bonds. The first-order valence-corrected chi connectivity index (χ1v) is 13.9. The van der Waals surface area contributed by atoms with Crippen LogP contribution in [-0.4, -0.2) is 50.5 Å². The van der Waals surface area contributed by atoms with Crippen LogP contribution in [0.5, 0.6) is 0 Å². The zero-order chi connectivity index (χ0) is 25.6. The van der Waals surface area contributed by atoms with E-state index in [4.69, 9.17) is 11.6 Å². The molecule has 7 nitrogen and oxygen atoms in total. The Morgan fingerprint density at radius 2 is 1.71 bits per heavy atom. The number of rotatable bonds is 10. The molecule has 2 aromatic carbocycles. The number of anilines is 1. The van der Waals surface area contributed by atoms with E-state index in [1.165, 1.54) is 4.90 Å². The minimum absolute atomic E-state index is 0.147. The standard InChI is InChI=1S/C24H31BrClN3O4S/c1-16(2)13-27-24(31)18(4)28(14-19-9-11-20(25)12-10-19)23(30)15-29(34(5,32)33)22-8-6-7-21(26)17(22)3/h6-12,16,18H,13-15H2,1-5H3,(H,27,31)/t18-/m0/s1. The summed E-state index contributed by atoms with van der Waals surface area (Å²) in [5, 5.41) is 3.25. The molecule has 10 heteroatoms. The number of halogens is 2. The van der Waals surface area contributed by atoms with Crippen molar-refractivity contribution in [1.82, 2.24) is 10.2 Å². The van der Waals surface area contributed by atoms with Crippen LogP contribution in [0.2, 0.25) is 5.02 Å². The van der Waals surface area contributed by atoms with Gasteiger partial charge < -0.3 is 10.2 Å². The van der Waals surface area contributed by atoms with Crippen LogP contribution in [0, 0.1) is 12.8 Å². The second-order valence-electron chi connectivity index (χ2n) is 8.62. The van der Waals surface area contributed by atoms with Gasteiger partial charge in [-0.25, -0.2) is 8.42 Å². The van der Waals surface area contributed by atoms with Gasteiger partial charge in [0.25, 0.3) is 0 Å². The smallest absolute Gasteiger partial charge is 0.244 e. The second-order valence-corrected chi connectivity index (χ2v) is 11.8. The first kappa shape index (κ1) is 28.1. The molecule has 0 fully saturated rings. The predicted octanol–water partition coefficient (Wildman–Crippen LogP) is 4.37. The minimum Gasteiger partial charge on any atom is -0.354 e. The summed E-state index contributed by atoms with van der Waals surface area (Å²) >= 11 is 9.60. The number of nitrogens with one attached hydrogen (secondary N) is 1. The summed E-state index contributed by atoms with van der Waals surface area (Å²) in [5.74, 6) is -0.553. The maximum atomic E-state index is 13.5. The molecule has 2 rings (SSSR count). The molecular formula is C24H31BrClN3O4S. The molecule has 0 spiro atoms. The fourth-order valence-electron chi connectivity index (χ4n) is 3.28. The van der Waals surface area contributed by atoms with Crippen molar-refractivity contribution in [2.45, 2.75) is 40.3 Å². The Kier molecular flexibility index (Phi) is 9.96. The number of hydrogen-bond donors (Lipinski definition) is 1. The Hall–Kier alpha value is -2.10.